The maximum Gasteiger partial charge on any atom is 0.161 e. The van der Waals surface area contributed by atoms with E-state index in [0.717, 1.165) is 27.9 Å². The van der Waals surface area contributed by atoms with Gasteiger partial charge in [0.05, 0.1) is 22.9 Å². The van der Waals surface area contributed by atoms with Crippen molar-refractivity contribution in [3.63, 3.8) is 0 Å². The number of fused-ring (bicyclic) bond motifs is 1. The second-order valence-electron chi connectivity index (χ2n) is 6.84. The first-order valence-corrected chi connectivity index (χ1v) is 10.4. The SMILES string of the molecule is CC(=O)c1cncc(Cl)c1COc1cccc2c(C3=CC=NSN3C)cc(C)nc12. The summed E-state index contributed by atoms with van der Waals surface area (Å²) in [7, 11) is 1.98. The lowest BCUT2D eigenvalue weighted by atomic mass is 10.0. The molecule has 8 heteroatoms. The van der Waals surface area contributed by atoms with Crippen LogP contribution in [0.25, 0.3) is 16.6 Å². The zero-order valence-corrected chi connectivity index (χ0v) is 18.3. The highest BCUT2D eigenvalue weighted by Crippen LogP contribution is 2.35. The number of aryl methyl sites for hydroxylation is 1. The molecular weight excluding hydrogens is 420 g/mol. The molecule has 0 spiro atoms. The van der Waals surface area contributed by atoms with Gasteiger partial charge >= 0.3 is 0 Å². The van der Waals surface area contributed by atoms with E-state index in [2.05, 4.69) is 15.4 Å². The Balaban J connectivity index is 1.76. The number of aromatic nitrogens is 2. The highest BCUT2D eigenvalue weighted by molar-refractivity contribution is 7.96. The van der Waals surface area contributed by atoms with Crippen LogP contribution in [-0.4, -0.2) is 33.3 Å². The predicted octanol–water partition coefficient (Wildman–Crippen LogP) is 5.29. The summed E-state index contributed by atoms with van der Waals surface area (Å²) in [6.07, 6.45) is 6.80. The number of carbonyl (C=O) groups excluding carboxylic acids is 1. The lowest BCUT2D eigenvalue weighted by Crippen LogP contribution is -2.11. The number of benzene rings is 1. The summed E-state index contributed by atoms with van der Waals surface area (Å²) < 4.78 is 12.3. The molecule has 3 aromatic rings. The van der Waals surface area contributed by atoms with Crippen molar-refractivity contribution in [1.82, 2.24) is 14.3 Å². The van der Waals surface area contributed by atoms with Crippen molar-refractivity contribution in [1.29, 1.82) is 0 Å². The monoisotopic (exact) mass is 438 g/mol. The summed E-state index contributed by atoms with van der Waals surface area (Å²) >= 11 is 7.67. The van der Waals surface area contributed by atoms with E-state index in [1.54, 1.807) is 6.21 Å². The fourth-order valence-corrected chi connectivity index (χ4v) is 4.06. The van der Waals surface area contributed by atoms with Crippen LogP contribution in [0.3, 0.4) is 0 Å². The molecule has 30 heavy (non-hydrogen) atoms. The third kappa shape index (κ3) is 3.91. The average Bonchev–Trinajstić information content (AvgIpc) is 2.72. The summed E-state index contributed by atoms with van der Waals surface area (Å²) in [6, 6.07) is 7.89. The third-order valence-electron chi connectivity index (χ3n) is 4.76. The van der Waals surface area contributed by atoms with Crippen LogP contribution in [-0.2, 0) is 6.61 Å². The van der Waals surface area contributed by atoms with E-state index in [1.807, 2.05) is 42.6 Å². The molecule has 3 heterocycles. The van der Waals surface area contributed by atoms with Gasteiger partial charge in [0.15, 0.2) is 5.78 Å². The molecule has 0 amide bonds. The average molecular weight is 439 g/mol. The number of Topliss-reactive ketones (excluding diaryl/α,β-unsaturated/α-hetero) is 1. The summed E-state index contributed by atoms with van der Waals surface area (Å²) in [5.41, 5.74) is 4.80. The Morgan fingerprint density at radius 1 is 1.30 bits per heavy atom. The molecular formula is C22H19ClN4O2S. The first-order valence-electron chi connectivity index (χ1n) is 9.27. The van der Waals surface area contributed by atoms with Crippen LogP contribution < -0.4 is 4.74 Å². The van der Waals surface area contributed by atoms with Gasteiger partial charge in [-0.1, -0.05) is 23.7 Å². The van der Waals surface area contributed by atoms with Crippen LogP contribution in [0.15, 0.2) is 47.1 Å². The fourth-order valence-electron chi connectivity index (χ4n) is 3.35. The zero-order chi connectivity index (χ0) is 21.3. The molecule has 0 aliphatic carbocycles. The van der Waals surface area contributed by atoms with Gasteiger partial charge in [0.2, 0.25) is 0 Å². The van der Waals surface area contributed by atoms with Crippen molar-refractivity contribution in [2.45, 2.75) is 20.5 Å². The molecule has 1 aromatic carbocycles. The minimum Gasteiger partial charge on any atom is -0.487 e. The zero-order valence-electron chi connectivity index (χ0n) is 16.7. The largest absolute Gasteiger partial charge is 0.487 e. The van der Waals surface area contributed by atoms with Crippen molar-refractivity contribution in [2.75, 3.05) is 7.05 Å². The van der Waals surface area contributed by atoms with E-state index in [4.69, 9.17) is 21.3 Å². The molecule has 0 atom stereocenters. The number of hydrogen-bond donors (Lipinski definition) is 0. The van der Waals surface area contributed by atoms with Crippen molar-refractivity contribution < 1.29 is 9.53 Å². The van der Waals surface area contributed by atoms with Gasteiger partial charge in [0.25, 0.3) is 0 Å². The molecule has 0 N–H and O–H groups in total. The molecule has 6 nitrogen and oxygen atoms in total. The summed E-state index contributed by atoms with van der Waals surface area (Å²) in [5.74, 6) is 0.518. The lowest BCUT2D eigenvalue weighted by Gasteiger charge is -2.22. The second kappa shape index (κ2) is 8.45. The Bertz CT molecular complexity index is 1210. The molecule has 0 saturated carbocycles. The van der Waals surface area contributed by atoms with Crippen LogP contribution in [0.1, 0.15) is 34.1 Å². The Hall–Kier alpha value is -2.90. The number of hydrogen-bond acceptors (Lipinski definition) is 7. The minimum absolute atomic E-state index is 0.107. The maximum atomic E-state index is 11.9. The predicted molar refractivity (Wildman–Crippen MR) is 122 cm³/mol. The molecule has 0 unspecified atom stereocenters. The number of rotatable bonds is 5. The standard InChI is InChI=1S/C22H19ClN4O2S/c1-13-9-16(20-7-8-25-30-27(20)3)15-5-4-6-21(22(15)26-13)29-12-18-17(14(2)28)10-24-11-19(18)23/h4-11H,12H2,1-3H3. The van der Waals surface area contributed by atoms with E-state index in [0.29, 0.717) is 21.9 Å². The molecule has 4 rings (SSSR count). The van der Waals surface area contributed by atoms with Gasteiger partial charge in [-0.05, 0) is 32.1 Å². The maximum absolute atomic E-state index is 11.9. The number of allylic oxidation sites excluding steroid dienone is 1. The number of halogens is 1. The van der Waals surface area contributed by atoms with Gasteiger partial charge in [-0.15, -0.1) is 0 Å². The van der Waals surface area contributed by atoms with E-state index >= 15 is 0 Å². The Morgan fingerprint density at radius 2 is 2.13 bits per heavy atom. The Kier molecular flexibility index (Phi) is 5.74. The summed E-state index contributed by atoms with van der Waals surface area (Å²) in [6.45, 7) is 3.59. The topological polar surface area (TPSA) is 67.7 Å². The quantitative estimate of drug-likeness (QED) is 0.398. The highest BCUT2D eigenvalue weighted by atomic mass is 35.5. The van der Waals surface area contributed by atoms with Gasteiger partial charge in [-0.25, -0.2) is 9.38 Å². The first-order chi connectivity index (χ1) is 14.5. The Labute approximate surface area is 183 Å². The molecule has 0 radical (unpaired) electrons. The summed E-state index contributed by atoms with van der Waals surface area (Å²) in [5, 5.41) is 1.37. The number of ketones is 1. The van der Waals surface area contributed by atoms with Gasteiger partial charge in [0.1, 0.15) is 17.9 Å². The molecule has 0 saturated heterocycles. The number of pyridine rings is 2. The number of nitrogens with zero attached hydrogens (tertiary/aromatic N) is 4. The number of ether oxygens (including phenoxy) is 1. The van der Waals surface area contributed by atoms with Crippen molar-refractivity contribution in [2.24, 2.45) is 4.40 Å². The molecule has 0 fully saturated rings. The van der Waals surface area contributed by atoms with E-state index in [1.165, 1.54) is 31.5 Å². The number of para-hydroxylation sites is 1. The van der Waals surface area contributed by atoms with Crippen LogP contribution in [0.5, 0.6) is 5.75 Å². The normalized spacial score (nSPS) is 13.5. The van der Waals surface area contributed by atoms with Gasteiger partial charge in [0, 0.05) is 53.4 Å². The smallest absolute Gasteiger partial charge is 0.161 e. The first kappa shape index (κ1) is 20.4. The molecule has 1 aliphatic rings. The molecule has 1 aliphatic heterocycles. The van der Waals surface area contributed by atoms with Gasteiger partial charge in [-0.3, -0.25) is 14.1 Å². The van der Waals surface area contributed by atoms with E-state index in [9.17, 15) is 4.79 Å². The van der Waals surface area contributed by atoms with E-state index < -0.39 is 0 Å². The molecule has 152 valence electrons. The number of carbonyl (C=O) groups is 1. The van der Waals surface area contributed by atoms with Crippen LogP contribution in [0.4, 0.5) is 0 Å². The lowest BCUT2D eigenvalue weighted by molar-refractivity contribution is 0.101. The second-order valence-corrected chi connectivity index (χ2v) is 8.17. The van der Waals surface area contributed by atoms with E-state index in [-0.39, 0.29) is 12.4 Å². The van der Waals surface area contributed by atoms with Crippen LogP contribution in [0.2, 0.25) is 5.02 Å². The van der Waals surface area contributed by atoms with Crippen molar-refractivity contribution >= 4 is 52.3 Å². The van der Waals surface area contributed by atoms with Crippen LogP contribution >= 0.6 is 23.7 Å². The van der Waals surface area contributed by atoms with Crippen molar-refractivity contribution in [3.8, 4) is 5.75 Å². The Morgan fingerprint density at radius 3 is 2.90 bits per heavy atom. The van der Waals surface area contributed by atoms with Crippen LogP contribution in [0, 0.1) is 6.92 Å². The van der Waals surface area contributed by atoms with Gasteiger partial charge < -0.3 is 4.74 Å². The minimum atomic E-state index is -0.107. The summed E-state index contributed by atoms with van der Waals surface area (Å²) in [4.78, 5) is 20.7. The third-order valence-corrected chi connectivity index (χ3v) is 5.75. The molecule has 0 bridgehead atoms. The fraction of sp³-hybridized carbons (Fsp3) is 0.182. The molecule has 2 aromatic heterocycles. The highest BCUT2D eigenvalue weighted by Gasteiger charge is 2.18. The van der Waals surface area contributed by atoms with Gasteiger partial charge in [-0.2, -0.15) is 0 Å². The van der Waals surface area contributed by atoms with Crippen molar-refractivity contribution in [3.05, 3.63) is 70.1 Å².